The summed E-state index contributed by atoms with van der Waals surface area (Å²) in [5.41, 5.74) is 3.01. The van der Waals surface area contributed by atoms with Gasteiger partial charge in [0, 0.05) is 6.04 Å². The van der Waals surface area contributed by atoms with Gasteiger partial charge in [-0.3, -0.25) is 0 Å². The van der Waals surface area contributed by atoms with Crippen molar-refractivity contribution in [1.29, 1.82) is 0 Å². The standard InChI is InChI=1S/C20H27NO2/c1-19(2)14-10-11-20(19,3)17(12-14)21-18(22)23-16-9-8-13-6-4-5-7-15(13)16/h4-7,14,16-17H,8-12H2,1-3H3,(H,21,22). The molecule has 0 heterocycles. The number of rotatable bonds is 2. The third kappa shape index (κ3) is 2.12. The molecule has 0 saturated heterocycles. The molecule has 4 atom stereocenters. The van der Waals surface area contributed by atoms with Crippen LogP contribution in [0.15, 0.2) is 24.3 Å². The van der Waals surface area contributed by atoms with Crippen LogP contribution in [0, 0.1) is 16.7 Å². The Morgan fingerprint density at radius 2 is 2.00 bits per heavy atom. The highest BCUT2D eigenvalue weighted by Crippen LogP contribution is 2.65. The third-order valence-electron chi connectivity index (χ3n) is 7.41. The molecule has 124 valence electrons. The third-order valence-corrected chi connectivity index (χ3v) is 7.41. The fourth-order valence-electron chi connectivity index (χ4n) is 5.37. The summed E-state index contributed by atoms with van der Waals surface area (Å²) in [5.74, 6) is 0.727. The summed E-state index contributed by atoms with van der Waals surface area (Å²) in [5, 5.41) is 3.20. The van der Waals surface area contributed by atoms with Gasteiger partial charge in [-0.25, -0.2) is 4.79 Å². The van der Waals surface area contributed by atoms with E-state index in [0.29, 0.717) is 5.41 Å². The van der Waals surface area contributed by atoms with Crippen LogP contribution in [0.3, 0.4) is 0 Å². The Morgan fingerprint density at radius 3 is 2.70 bits per heavy atom. The van der Waals surface area contributed by atoms with Crippen molar-refractivity contribution in [2.45, 2.75) is 65.0 Å². The topological polar surface area (TPSA) is 38.3 Å². The van der Waals surface area contributed by atoms with Crippen molar-refractivity contribution in [3.63, 3.8) is 0 Å². The predicted octanol–water partition coefficient (Wildman–Crippen LogP) is 4.61. The first-order valence-corrected chi connectivity index (χ1v) is 8.97. The number of nitrogens with one attached hydrogen (secondary N) is 1. The lowest BCUT2D eigenvalue weighted by molar-refractivity contribution is 0.0768. The maximum Gasteiger partial charge on any atom is 0.407 e. The highest BCUT2D eigenvalue weighted by atomic mass is 16.6. The lowest BCUT2D eigenvalue weighted by Gasteiger charge is -2.39. The van der Waals surface area contributed by atoms with Gasteiger partial charge in [0.2, 0.25) is 0 Å². The van der Waals surface area contributed by atoms with Gasteiger partial charge in [-0.2, -0.15) is 0 Å². The first-order chi connectivity index (χ1) is 10.9. The predicted molar refractivity (Wildman–Crippen MR) is 90.1 cm³/mol. The van der Waals surface area contributed by atoms with E-state index < -0.39 is 0 Å². The molecule has 3 aliphatic carbocycles. The second kappa shape index (κ2) is 4.99. The van der Waals surface area contributed by atoms with E-state index in [1.54, 1.807) is 0 Å². The zero-order valence-corrected chi connectivity index (χ0v) is 14.4. The van der Waals surface area contributed by atoms with Crippen LogP contribution >= 0.6 is 0 Å². The molecule has 1 amide bonds. The Kier molecular flexibility index (Phi) is 3.26. The molecule has 1 N–H and O–H groups in total. The largest absolute Gasteiger partial charge is 0.441 e. The van der Waals surface area contributed by atoms with Crippen LogP contribution in [0.25, 0.3) is 0 Å². The molecule has 3 aliphatic rings. The van der Waals surface area contributed by atoms with Crippen molar-refractivity contribution in [3.8, 4) is 0 Å². The average Bonchev–Trinajstić information content (AvgIpc) is 3.07. The Hall–Kier alpha value is -1.51. The number of hydrogen-bond donors (Lipinski definition) is 1. The van der Waals surface area contributed by atoms with Gasteiger partial charge in [-0.15, -0.1) is 0 Å². The number of aryl methyl sites for hydroxylation is 1. The minimum absolute atomic E-state index is 0.0781. The SMILES string of the molecule is CC1(C)C2CCC1(C)C(NC(=O)OC1CCc3ccccc31)C2. The summed E-state index contributed by atoms with van der Waals surface area (Å²) < 4.78 is 5.77. The molecule has 2 saturated carbocycles. The summed E-state index contributed by atoms with van der Waals surface area (Å²) in [4.78, 5) is 12.5. The Bertz CT molecular complexity index is 638. The summed E-state index contributed by atoms with van der Waals surface area (Å²) in [6, 6.07) is 8.55. The molecule has 23 heavy (non-hydrogen) atoms. The van der Waals surface area contributed by atoms with E-state index in [2.05, 4.69) is 44.3 Å². The molecule has 0 aromatic heterocycles. The van der Waals surface area contributed by atoms with Crippen LogP contribution in [0.2, 0.25) is 0 Å². The minimum atomic E-state index is -0.235. The molecule has 1 aromatic carbocycles. The molecule has 0 spiro atoms. The van der Waals surface area contributed by atoms with Crippen molar-refractivity contribution in [3.05, 3.63) is 35.4 Å². The molecule has 3 nitrogen and oxygen atoms in total. The molecule has 0 radical (unpaired) electrons. The lowest BCUT2D eigenvalue weighted by Crippen LogP contribution is -2.47. The number of amides is 1. The number of hydrogen-bond acceptors (Lipinski definition) is 2. The molecule has 3 heteroatoms. The van der Waals surface area contributed by atoms with Gasteiger partial charge in [0.05, 0.1) is 0 Å². The fourth-order valence-corrected chi connectivity index (χ4v) is 5.37. The van der Waals surface area contributed by atoms with Crippen LogP contribution in [-0.2, 0) is 11.2 Å². The molecular formula is C20H27NO2. The van der Waals surface area contributed by atoms with Gasteiger partial charge < -0.3 is 10.1 Å². The molecule has 1 aromatic rings. The molecule has 4 unspecified atom stereocenters. The summed E-state index contributed by atoms with van der Waals surface area (Å²) in [7, 11) is 0. The van der Waals surface area contributed by atoms with Gasteiger partial charge in [0.25, 0.3) is 0 Å². The monoisotopic (exact) mass is 313 g/mol. The molecule has 4 rings (SSSR count). The van der Waals surface area contributed by atoms with E-state index in [9.17, 15) is 4.79 Å². The van der Waals surface area contributed by atoms with E-state index in [1.807, 2.05) is 6.07 Å². The Morgan fingerprint density at radius 1 is 1.22 bits per heavy atom. The normalized spacial score (nSPS) is 36.7. The van der Waals surface area contributed by atoms with Crippen molar-refractivity contribution in [2.75, 3.05) is 0 Å². The molecule has 2 fully saturated rings. The highest BCUT2D eigenvalue weighted by Gasteiger charge is 2.61. The Labute approximate surface area is 138 Å². The van der Waals surface area contributed by atoms with Crippen molar-refractivity contribution >= 4 is 6.09 Å². The van der Waals surface area contributed by atoms with Crippen LogP contribution in [-0.4, -0.2) is 12.1 Å². The molecule has 2 bridgehead atoms. The number of carbonyl (C=O) groups excluding carboxylic acids is 1. The number of alkyl carbamates (subject to hydrolysis) is 1. The fraction of sp³-hybridized carbons (Fsp3) is 0.650. The van der Waals surface area contributed by atoms with Crippen molar-refractivity contribution < 1.29 is 9.53 Å². The minimum Gasteiger partial charge on any atom is -0.441 e. The average molecular weight is 313 g/mol. The second-order valence-corrected chi connectivity index (χ2v) is 8.44. The van der Waals surface area contributed by atoms with E-state index in [4.69, 9.17) is 4.74 Å². The van der Waals surface area contributed by atoms with E-state index >= 15 is 0 Å². The second-order valence-electron chi connectivity index (χ2n) is 8.44. The summed E-state index contributed by atoms with van der Waals surface area (Å²) >= 11 is 0. The van der Waals surface area contributed by atoms with E-state index in [-0.39, 0.29) is 23.7 Å². The number of carbonyl (C=O) groups is 1. The van der Waals surface area contributed by atoms with Crippen LogP contribution in [0.1, 0.15) is 63.7 Å². The van der Waals surface area contributed by atoms with Gasteiger partial charge in [-0.1, -0.05) is 45.0 Å². The van der Waals surface area contributed by atoms with Gasteiger partial charge >= 0.3 is 6.09 Å². The molecule has 0 aliphatic heterocycles. The quantitative estimate of drug-likeness (QED) is 0.865. The van der Waals surface area contributed by atoms with Gasteiger partial charge in [0.1, 0.15) is 6.10 Å². The summed E-state index contributed by atoms with van der Waals surface area (Å²) in [6.45, 7) is 7.08. The maximum absolute atomic E-state index is 12.5. The van der Waals surface area contributed by atoms with Gasteiger partial charge in [0.15, 0.2) is 0 Å². The van der Waals surface area contributed by atoms with Crippen LogP contribution in [0.4, 0.5) is 4.79 Å². The summed E-state index contributed by atoms with van der Waals surface area (Å²) in [6.07, 6.45) is 5.20. The highest BCUT2D eigenvalue weighted by molar-refractivity contribution is 5.68. The van der Waals surface area contributed by atoms with E-state index in [0.717, 1.165) is 25.2 Å². The van der Waals surface area contributed by atoms with Crippen molar-refractivity contribution in [1.82, 2.24) is 5.32 Å². The number of fused-ring (bicyclic) bond motifs is 3. The number of benzene rings is 1. The Balaban J connectivity index is 1.43. The van der Waals surface area contributed by atoms with Gasteiger partial charge in [-0.05, 0) is 60.0 Å². The van der Waals surface area contributed by atoms with Crippen LogP contribution < -0.4 is 5.32 Å². The first-order valence-electron chi connectivity index (χ1n) is 8.97. The van der Waals surface area contributed by atoms with Crippen molar-refractivity contribution in [2.24, 2.45) is 16.7 Å². The zero-order chi connectivity index (χ0) is 16.2. The molecular weight excluding hydrogens is 286 g/mol. The van der Waals surface area contributed by atoms with E-state index in [1.165, 1.54) is 24.0 Å². The smallest absolute Gasteiger partial charge is 0.407 e. The lowest BCUT2D eigenvalue weighted by atomic mass is 9.69. The first kappa shape index (κ1) is 15.0. The zero-order valence-electron chi connectivity index (χ0n) is 14.4. The maximum atomic E-state index is 12.5. The van der Waals surface area contributed by atoms with Crippen LogP contribution in [0.5, 0.6) is 0 Å². The number of ether oxygens (including phenoxy) is 1.